The minimum absolute atomic E-state index is 0.0586. The van der Waals surface area contributed by atoms with Crippen LogP contribution in [0.25, 0.3) is 11.0 Å². The Hall–Kier alpha value is -4.50. The van der Waals surface area contributed by atoms with E-state index in [0.717, 1.165) is 5.39 Å². The first kappa shape index (κ1) is 24.6. The van der Waals surface area contributed by atoms with Crippen molar-refractivity contribution in [2.24, 2.45) is 5.10 Å². The van der Waals surface area contributed by atoms with Crippen molar-refractivity contribution in [1.29, 1.82) is 0 Å². The summed E-state index contributed by atoms with van der Waals surface area (Å²) < 4.78 is 16.7. The Morgan fingerprint density at radius 2 is 1.92 bits per heavy atom. The average Bonchev–Trinajstić information content (AvgIpc) is 3.32. The fraction of sp³-hybridized carbons (Fsp3) is 0.115. The first-order chi connectivity index (χ1) is 17.4. The highest BCUT2D eigenvalue weighted by molar-refractivity contribution is 6.32. The van der Waals surface area contributed by atoms with E-state index in [9.17, 15) is 14.7 Å². The number of nitrogens with one attached hydrogen (secondary N) is 2. The summed E-state index contributed by atoms with van der Waals surface area (Å²) in [7, 11) is 1.48. The predicted octanol–water partition coefficient (Wildman–Crippen LogP) is 5.22. The summed E-state index contributed by atoms with van der Waals surface area (Å²) in [4.78, 5) is 25.0. The number of rotatable bonds is 8. The van der Waals surface area contributed by atoms with Crippen LogP contribution in [-0.4, -0.2) is 36.9 Å². The highest BCUT2D eigenvalue weighted by Gasteiger charge is 2.16. The second-order valence-electron chi connectivity index (χ2n) is 7.49. The lowest BCUT2D eigenvalue weighted by Crippen LogP contribution is -2.17. The molecule has 0 fully saturated rings. The molecule has 0 aliphatic heterocycles. The van der Waals surface area contributed by atoms with Crippen molar-refractivity contribution < 1.29 is 28.6 Å². The summed E-state index contributed by atoms with van der Waals surface area (Å²) in [6, 6.07) is 16.1. The summed E-state index contributed by atoms with van der Waals surface area (Å²) >= 11 is 5.83. The standard InChI is InChI=1S/C26H22ClN3O6/c1-3-35-21-6-4-5-15-12-23(36-24(15)21)26(33)29-18-9-7-17(22(13-18)34-2)14-28-30-25(32)16-8-10-20(31)19(27)11-16/h4-14,31H,3H2,1-2H3,(H,29,33)(H,30,32)/b28-14+. The Morgan fingerprint density at radius 1 is 1.08 bits per heavy atom. The van der Waals surface area contributed by atoms with Gasteiger partial charge in [0, 0.05) is 28.3 Å². The van der Waals surface area contributed by atoms with Crippen molar-refractivity contribution in [2.75, 3.05) is 19.0 Å². The first-order valence-electron chi connectivity index (χ1n) is 10.9. The number of furan rings is 1. The van der Waals surface area contributed by atoms with E-state index in [0.29, 0.717) is 34.9 Å². The highest BCUT2D eigenvalue weighted by Crippen LogP contribution is 2.30. The maximum Gasteiger partial charge on any atom is 0.291 e. The van der Waals surface area contributed by atoms with Crippen LogP contribution in [0.15, 0.2) is 70.2 Å². The Morgan fingerprint density at radius 3 is 2.67 bits per heavy atom. The zero-order chi connectivity index (χ0) is 25.7. The lowest BCUT2D eigenvalue weighted by atomic mass is 10.2. The number of hydrogen-bond donors (Lipinski definition) is 3. The second-order valence-corrected chi connectivity index (χ2v) is 7.90. The third-order valence-corrected chi connectivity index (χ3v) is 5.41. The number of fused-ring (bicyclic) bond motifs is 1. The highest BCUT2D eigenvalue weighted by atomic mass is 35.5. The number of phenols is 1. The van der Waals surface area contributed by atoms with Crippen molar-refractivity contribution >= 4 is 46.3 Å². The van der Waals surface area contributed by atoms with Crippen LogP contribution in [0.2, 0.25) is 5.02 Å². The smallest absolute Gasteiger partial charge is 0.291 e. The summed E-state index contributed by atoms with van der Waals surface area (Å²) in [5.74, 6) is 0.0657. The summed E-state index contributed by atoms with van der Waals surface area (Å²) in [6.07, 6.45) is 1.40. The van der Waals surface area contributed by atoms with Gasteiger partial charge in [-0.1, -0.05) is 23.7 Å². The zero-order valence-corrected chi connectivity index (χ0v) is 20.1. The molecule has 184 valence electrons. The maximum absolute atomic E-state index is 12.8. The fourth-order valence-corrected chi connectivity index (χ4v) is 3.56. The molecular weight excluding hydrogens is 486 g/mol. The number of carbonyl (C=O) groups excluding carboxylic acids is 2. The van der Waals surface area contributed by atoms with Crippen molar-refractivity contribution in [2.45, 2.75) is 6.92 Å². The van der Waals surface area contributed by atoms with E-state index in [-0.39, 0.29) is 22.1 Å². The van der Waals surface area contributed by atoms with E-state index in [1.165, 1.54) is 31.5 Å². The van der Waals surface area contributed by atoms with Gasteiger partial charge in [-0.05, 0) is 49.4 Å². The average molecular weight is 508 g/mol. The van der Waals surface area contributed by atoms with Crippen LogP contribution in [-0.2, 0) is 0 Å². The Labute approximate surface area is 211 Å². The van der Waals surface area contributed by atoms with Gasteiger partial charge >= 0.3 is 0 Å². The minimum Gasteiger partial charge on any atom is -0.506 e. The molecule has 1 aromatic heterocycles. The van der Waals surface area contributed by atoms with Gasteiger partial charge in [-0.25, -0.2) is 5.43 Å². The van der Waals surface area contributed by atoms with E-state index in [1.54, 1.807) is 30.3 Å². The zero-order valence-electron chi connectivity index (χ0n) is 19.4. The molecule has 0 aliphatic rings. The third-order valence-electron chi connectivity index (χ3n) is 5.10. The molecule has 0 unspecified atom stereocenters. The molecule has 3 aromatic carbocycles. The van der Waals surface area contributed by atoms with Gasteiger partial charge in [0.2, 0.25) is 0 Å². The van der Waals surface area contributed by atoms with Crippen molar-refractivity contribution in [3.63, 3.8) is 0 Å². The molecule has 1 heterocycles. The number of carbonyl (C=O) groups is 2. The molecule has 4 aromatic rings. The van der Waals surface area contributed by atoms with Crippen molar-refractivity contribution in [3.05, 3.63) is 82.6 Å². The molecule has 4 rings (SSSR count). The van der Waals surface area contributed by atoms with Gasteiger partial charge < -0.3 is 24.3 Å². The molecule has 0 radical (unpaired) electrons. The molecule has 0 bridgehead atoms. The summed E-state index contributed by atoms with van der Waals surface area (Å²) in [5, 5.41) is 17.0. The Balaban J connectivity index is 1.45. The van der Waals surface area contributed by atoms with Crippen LogP contribution in [0.5, 0.6) is 17.2 Å². The molecule has 0 atom stereocenters. The predicted molar refractivity (Wildman–Crippen MR) is 137 cm³/mol. The molecule has 0 saturated carbocycles. The van der Waals surface area contributed by atoms with Gasteiger partial charge in [0.25, 0.3) is 11.8 Å². The monoisotopic (exact) mass is 507 g/mol. The second kappa shape index (κ2) is 10.8. The molecule has 0 spiro atoms. The number of anilines is 1. The lowest BCUT2D eigenvalue weighted by molar-refractivity contribution is 0.0953. The van der Waals surface area contributed by atoms with Gasteiger partial charge in [-0.15, -0.1) is 0 Å². The number of ether oxygens (including phenoxy) is 2. The number of para-hydroxylation sites is 1. The quantitative estimate of drug-likeness (QED) is 0.222. The van der Waals surface area contributed by atoms with Crippen LogP contribution in [0.3, 0.4) is 0 Å². The Bertz CT molecular complexity index is 1460. The first-order valence-corrected chi connectivity index (χ1v) is 11.2. The van der Waals surface area contributed by atoms with Crippen LogP contribution in [0, 0.1) is 0 Å². The molecule has 2 amide bonds. The van der Waals surface area contributed by atoms with Crippen molar-refractivity contribution in [3.8, 4) is 17.2 Å². The molecule has 3 N–H and O–H groups in total. The van der Waals surface area contributed by atoms with E-state index in [2.05, 4.69) is 15.8 Å². The normalized spacial score (nSPS) is 11.0. The van der Waals surface area contributed by atoms with Crippen LogP contribution < -0.4 is 20.2 Å². The van der Waals surface area contributed by atoms with Crippen LogP contribution >= 0.6 is 11.6 Å². The summed E-state index contributed by atoms with van der Waals surface area (Å²) in [5.41, 5.74) is 4.16. The Kier molecular flexibility index (Phi) is 7.41. The SMILES string of the molecule is CCOc1cccc2cc(C(=O)Nc3ccc(/C=N/NC(=O)c4ccc(O)c(Cl)c4)c(OC)c3)oc12. The van der Waals surface area contributed by atoms with E-state index >= 15 is 0 Å². The van der Waals surface area contributed by atoms with Gasteiger partial charge in [-0.3, -0.25) is 9.59 Å². The van der Waals surface area contributed by atoms with Gasteiger partial charge in [0.1, 0.15) is 11.5 Å². The van der Waals surface area contributed by atoms with Crippen LogP contribution in [0.4, 0.5) is 5.69 Å². The number of nitrogens with zero attached hydrogens (tertiary/aromatic N) is 1. The van der Waals surface area contributed by atoms with Gasteiger partial charge in [0.15, 0.2) is 17.1 Å². The molecule has 10 heteroatoms. The number of methoxy groups -OCH3 is 1. The van der Waals surface area contributed by atoms with Crippen LogP contribution in [0.1, 0.15) is 33.4 Å². The molecular formula is C26H22ClN3O6. The van der Waals surface area contributed by atoms with E-state index in [4.69, 9.17) is 25.5 Å². The number of phenolic OH excluding ortho intramolecular Hbond substituents is 1. The molecule has 0 aliphatic carbocycles. The largest absolute Gasteiger partial charge is 0.506 e. The number of aromatic hydroxyl groups is 1. The number of benzene rings is 3. The fourth-order valence-electron chi connectivity index (χ4n) is 3.38. The van der Waals surface area contributed by atoms with E-state index in [1.807, 2.05) is 19.1 Å². The van der Waals surface area contributed by atoms with E-state index < -0.39 is 11.8 Å². The number of hydrazone groups is 1. The lowest BCUT2D eigenvalue weighted by Gasteiger charge is -2.09. The minimum atomic E-state index is -0.505. The number of amides is 2. The van der Waals surface area contributed by atoms with Gasteiger partial charge in [-0.2, -0.15) is 5.10 Å². The van der Waals surface area contributed by atoms with Crippen molar-refractivity contribution in [1.82, 2.24) is 5.43 Å². The third kappa shape index (κ3) is 5.42. The number of halogens is 1. The maximum atomic E-state index is 12.8. The molecule has 0 saturated heterocycles. The molecule has 36 heavy (non-hydrogen) atoms. The summed E-state index contributed by atoms with van der Waals surface area (Å²) in [6.45, 7) is 2.35. The molecule has 9 nitrogen and oxygen atoms in total. The topological polar surface area (TPSA) is 122 Å². The number of hydrogen-bond acceptors (Lipinski definition) is 7. The van der Waals surface area contributed by atoms with Gasteiger partial charge in [0.05, 0.1) is 25.0 Å².